The molecule has 0 aliphatic carbocycles. The van der Waals surface area contributed by atoms with E-state index in [0.717, 1.165) is 11.3 Å². The van der Waals surface area contributed by atoms with Gasteiger partial charge < -0.3 is 10.6 Å². The summed E-state index contributed by atoms with van der Waals surface area (Å²) in [6.45, 7) is 0. The summed E-state index contributed by atoms with van der Waals surface area (Å²) in [5, 5.41) is 0. The van der Waals surface area contributed by atoms with Gasteiger partial charge in [0.2, 0.25) is 5.91 Å². The summed E-state index contributed by atoms with van der Waals surface area (Å²) >= 11 is 0. The molecular weight excluding hydrogens is 226 g/mol. The number of benzene rings is 1. The Balaban J connectivity index is 2.12. The number of carbonyl (C=O) groups excluding carboxylic acids is 1. The van der Waals surface area contributed by atoms with Crippen LogP contribution in [0.25, 0.3) is 0 Å². The number of nitrogens with zero attached hydrogens (tertiary/aromatic N) is 2. The molecule has 1 amide bonds. The zero-order chi connectivity index (χ0) is 13.0. The number of aromatic nitrogens is 1. The molecule has 0 saturated heterocycles. The fraction of sp³-hybridized carbons (Fsp3) is 0.143. The van der Waals surface area contributed by atoms with Crippen molar-refractivity contribution in [2.75, 3.05) is 17.7 Å². The van der Waals surface area contributed by atoms with Gasteiger partial charge in [-0.25, -0.2) is 0 Å². The van der Waals surface area contributed by atoms with Crippen LogP contribution < -0.4 is 10.6 Å². The Morgan fingerprint density at radius 2 is 1.89 bits per heavy atom. The van der Waals surface area contributed by atoms with Crippen LogP contribution in [0.2, 0.25) is 0 Å². The first-order chi connectivity index (χ1) is 8.68. The van der Waals surface area contributed by atoms with Gasteiger partial charge in [0.1, 0.15) is 0 Å². The highest BCUT2D eigenvalue weighted by molar-refractivity contribution is 5.94. The first-order valence-electron chi connectivity index (χ1n) is 5.68. The molecule has 1 aromatic carbocycles. The lowest BCUT2D eigenvalue weighted by molar-refractivity contribution is -0.117. The Morgan fingerprint density at radius 1 is 1.22 bits per heavy atom. The van der Waals surface area contributed by atoms with Gasteiger partial charge in [-0.15, -0.1) is 0 Å². The van der Waals surface area contributed by atoms with Crippen molar-refractivity contribution < 1.29 is 4.79 Å². The predicted molar refractivity (Wildman–Crippen MR) is 72.2 cm³/mol. The Labute approximate surface area is 106 Å². The molecule has 4 heteroatoms. The molecule has 0 fully saturated rings. The van der Waals surface area contributed by atoms with Crippen LogP contribution in [0.15, 0.2) is 48.8 Å². The van der Waals surface area contributed by atoms with Gasteiger partial charge in [-0.1, -0.05) is 18.2 Å². The van der Waals surface area contributed by atoms with Crippen LogP contribution in [0.3, 0.4) is 0 Å². The summed E-state index contributed by atoms with van der Waals surface area (Å²) in [7, 11) is 1.75. The maximum atomic E-state index is 12.1. The third-order valence-electron chi connectivity index (χ3n) is 2.82. The lowest BCUT2D eigenvalue weighted by atomic mass is 10.1. The number of hydrogen-bond donors (Lipinski definition) is 1. The Kier molecular flexibility index (Phi) is 3.57. The van der Waals surface area contributed by atoms with Gasteiger partial charge in [-0.3, -0.25) is 9.78 Å². The summed E-state index contributed by atoms with van der Waals surface area (Å²) in [5.41, 5.74) is 8.15. The molecule has 0 unspecified atom stereocenters. The van der Waals surface area contributed by atoms with Crippen molar-refractivity contribution in [1.29, 1.82) is 0 Å². The molecule has 4 nitrogen and oxygen atoms in total. The second-order valence-corrected chi connectivity index (χ2v) is 4.03. The van der Waals surface area contributed by atoms with E-state index in [4.69, 9.17) is 5.73 Å². The summed E-state index contributed by atoms with van der Waals surface area (Å²) < 4.78 is 0. The molecule has 2 rings (SSSR count). The van der Waals surface area contributed by atoms with Gasteiger partial charge in [0.15, 0.2) is 0 Å². The van der Waals surface area contributed by atoms with E-state index >= 15 is 0 Å². The van der Waals surface area contributed by atoms with E-state index in [2.05, 4.69) is 4.98 Å². The van der Waals surface area contributed by atoms with Gasteiger partial charge >= 0.3 is 0 Å². The second kappa shape index (κ2) is 5.31. The molecule has 0 aliphatic rings. The maximum absolute atomic E-state index is 12.1. The Bertz CT molecular complexity index is 540. The fourth-order valence-corrected chi connectivity index (χ4v) is 1.69. The van der Waals surface area contributed by atoms with Crippen molar-refractivity contribution in [2.45, 2.75) is 6.42 Å². The third-order valence-corrected chi connectivity index (χ3v) is 2.82. The molecule has 92 valence electrons. The molecule has 18 heavy (non-hydrogen) atoms. The topological polar surface area (TPSA) is 59.2 Å². The number of anilines is 2. The van der Waals surface area contributed by atoms with Crippen LogP contribution in [-0.2, 0) is 11.2 Å². The average Bonchev–Trinajstić information content (AvgIpc) is 2.41. The number of pyridine rings is 1. The molecule has 0 saturated carbocycles. The second-order valence-electron chi connectivity index (χ2n) is 4.03. The van der Waals surface area contributed by atoms with Crippen LogP contribution in [0.5, 0.6) is 0 Å². The number of hydrogen-bond acceptors (Lipinski definition) is 3. The van der Waals surface area contributed by atoms with Gasteiger partial charge in [-0.05, 0) is 23.8 Å². The first-order valence-corrected chi connectivity index (χ1v) is 5.68. The van der Waals surface area contributed by atoms with Gasteiger partial charge in [-0.2, -0.15) is 0 Å². The lowest BCUT2D eigenvalue weighted by Crippen LogP contribution is -2.28. The van der Waals surface area contributed by atoms with Crippen LogP contribution in [0.4, 0.5) is 11.4 Å². The number of nitrogens with two attached hydrogens (primary N) is 1. The minimum absolute atomic E-state index is 0.000833. The molecule has 0 radical (unpaired) electrons. The van der Waals surface area contributed by atoms with Gasteiger partial charge in [0.05, 0.1) is 6.42 Å². The van der Waals surface area contributed by atoms with Crippen molar-refractivity contribution >= 4 is 17.3 Å². The van der Waals surface area contributed by atoms with Crippen molar-refractivity contribution in [3.8, 4) is 0 Å². The molecule has 2 N–H and O–H groups in total. The number of para-hydroxylation sites is 1. The molecule has 0 bridgehead atoms. The van der Waals surface area contributed by atoms with Crippen molar-refractivity contribution in [2.24, 2.45) is 0 Å². The highest BCUT2D eigenvalue weighted by Gasteiger charge is 2.12. The van der Waals surface area contributed by atoms with E-state index in [1.54, 1.807) is 42.5 Å². The standard InChI is InChI=1S/C14H15N3O/c1-17(12-6-8-16-9-7-12)14(18)10-11-4-2-3-5-13(11)15/h2-9H,10,15H2,1H3. The number of rotatable bonds is 3. The van der Waals surface area contributed by atoms with E-state index in [-0.39, 0.29) is 5.91 Å². The average molecular weight is 241 g/mol. The fourth-order valence-electron chi connectivity index (χ4n) is 1.69. The van der Waals surface area contributed by atoms with Crippen molar-refractivity contribution in [1.82, 2.24) is 4.98 Å². The van der Waals surface area contributed by atoms with E-state index < -0.39 is 0 Å². The van der Waals surface area contributed by atoms with Crippen molar-refractivity contribution in [3.05, 3.63) is 54.4 Å². The minimum atomic E-state index is -0.000833. The molecule has 0 atom stereocenters. The molecule has 0 spiro atoms. The van der Waals surface area contributed by atoms with E-state index in [1.165, 1.54) is 0 Å². The van der Waals surface area contributed by atoms with Gasteiger partial charge in [0.25, 0.3) is 0 Å². The molecule has 1 aromatic heterocycles. The normalized spacial score (nSPS) is 10.1. The predicted octanol–water partition coefficient (Wildman–Crippen LogP) is 1.87. The third kappa shape index (κ3) is 2.66. The molecular formula is C14H15N3O. The molecule has 0 aliphatic heterocycles. The summed E-state index contributed by atoms with van der Waals surface area (Å²) in [5.74, 6) is -0.000833. The summed E-state index contributed by atoms with van der Waals surface area (Å²) in [6.07, 6.45) is 3.62. The zero-order valence-corrected chi connectivity index (χ0v) is 10.2. The lowest BCUT2D eigenvalue weighted by Gasteiger charge is -2.17. The largest absolute Gasteiger partial charge is 0.398 e. The molecule has 1 heterocycles. The number of nitrogen functional groups attached to an aromatic ring is 1. The smallest absolute Gasteiger partial charge is 0.231 e. The maximum Gasteiger partial charge on any atom is 0.231 e. The monoisotopic (exact) mass is 241 g/mol. The van der Waals surface area contributed by atoms with Crippen LogP contribution in [-0.4, -0.2) is 17.9 Å². The van der Waals surface area contributed by atoms with E-state index in [0.29, 0.717) is 12.1 Å². The molecule has 2 aromatic rings. The number of amides is 1. The number of carbonyl (C=O) groups is 1. The first kappa shape index (κ1) is 12.1. The van der Waals surface area contributed by atoms with Crippen LogP contribution >= 0.6 is 0 Å². The zero-order valence-electron chi connectivity index (χ0n) is 10.2. The van der Waals surface area contributed by atoms with Crippen LogP contribution in [0, 0.1) is 0 Å². The van der Waals surface area contributed by atoms with E-state index in [1.807, 2.05) is 18.2 Å². The van der Waals surface area contributed by atoms with Gasteiger partial charge in [0, 0.05) is 30.8 Å². The summed E-state index contributed by atoms with van der Waals surface area (Å²) in [4.78, 5) is 17.6. The highest BCUT2D eigenvalue weighted by Crippen LogP contribution is 2.15. The summed E-state index contributed by atoms with van der Waals surface area (Å²) in [6, 6.07) is 11.0. The quantitative estimate of drug-likeness (QED) is 0.834. The van der Waals surface area contributed by atoms with Crippen LogP contribution in [0.1, 0.15) is 5.56 Å². The van der Waals surface area contributed by atoms with Crippen molar-refractivity contribution in [3.63, 3.8) is 0 Å². The Morgan fingerprint density at radius 3 is 2.56 bits per heavy atom. The number of likely N-dealkylation sites (N-methyl/N-ethyl adjacent to an activating group) is 1. The SMILES string of the molecule is CN(C(=O)Cc1ccccc1N)c1ccncc1. The minimum Gasteiger partial charge on any atom is -0.398 e. The van der Waals surface area contributed by atoms with E-state index in [9.17, 15) is 4.79 Å². The highest BCUT2D eigenvalue weighted by atomic mass is 16.2. The Hall–Kier alpha value is -2.36.